The van der Waals surface area contributed by atoms with Gasteiger partial charge in [0, 0.05) is 39.2 Å². The Morgan fingerprint density at radius 1 is 1.12 bits per heavy atom. The van der Waals surface area contributed by atoms with Crippen LogP contribution in [0, 0.1) is 5.41 Å². The van der Waals surface area contributed by atoms with Gasteiger partial charge in [0.25, 0.3) is 0 Å². The molecule has 3 rings (SSSR count). The number of piperidine rings is 2. The van der Waals surface area contributed by atoms with Crippen LogP contribution < -0.4 is 0 Å². The fraction of sp³-hybridized carbons (Fsp3) is 0.600. The van der Waals surface area contributed by atoms with E-state index in [0.717, 1.165) is 44.5 Å². The summed E-state index contributed by atoms with van der Waals surface area (Å²) in [7, 11) is 0. The quantitative estimate of drug-likeness (QED) is 0.835. The highest BCUT2D eigenvalue weighted by Crippen LogP contribution is 2.40. The van der Waals surface area contributed by atoms with Gasteiger partial charge in [-0.2, -0.15) is 0 Å². The van der Waals surface area contributed by atoms with E-state index < -0.39 is 0 Å². The maximum atomic E-state index is 12.6. The van der Waals surface area contributed by atoms with E-state index in [0.29, 0.717) is 25.8 Å². The number of amides is 2. The van der Waals surface area contributed by atoms with E-state index in [1.165, 1.54) is 0 Å². The Kier molecular flexibility index (Phi) is 5.81. The molecule has 1 aromatic carbocycles. The van der Waals surface area contributed by atoms with Gasteiger partial charge in [0.1, 0.15) is 5.75 Å². The summed E-state index contributed by atoms with van der Waals surface area (Å²) in [6, 6.07) is 6.77. The third kappa shape index (κ3) is 4.36. The Morgan fingerprint density at radius 3 is 2.46 bits per heavy atom. The first kappa shape index (κ1) is 18.7. The number of phenols is 1. The number of phenolic OH excluding ortho intramolecular Hbond substituents is 1. The number of benzene rings is 1. The van der Waals surface area contributed by atoms with Crippen molar-refractivity contribution in [3.05, 3.63) is 29.8 Å². The van der Waals surface area contributed by atoms with Gasteiger partial charge in [0.15, 0.2) is 0 Å². The number of carbonyl (C=O) groups is 2. The normalized spacial score (nSPS) is 19.8. The lowest BCUT2D eigenvalue weighted by atomic mass is 9.72. The van der Waals surface area contributed by atoms with Crippen molar-refractivity contribution in [1.29, 1.82) is 0 Å². The van der Waals surface area contributed by atoms with Crippen LogP contribution in [0.15, 0.2) is 24.3 Å². The van der Waals surface area contributed by atoms with Crippen molar-refractivity contribution in [1.82, 2.24) is 9.80 Å². The second-order valence-corrected chi connectivity index (χ2v) is 7.62. The zero-order valence-electron chi connectivity index (χ0n) is 15.2. The highest BCUT2D eigenvalue weighted by atomic mass is 16.3. The lowest BCUT2D eigenvalue weighted by molar-refractivity contribution is -0.142. The van der Waals surface area contributed by atoms with Crippen LogP contribution >= 0.6 is 0 Å². The summed E-state index contributed by atoms with van der Waals surface area (Å²) in [5.41, 5.74) is 1.03. The molecular weight excluding hydrogens is 332 g/mol. The molecule has 1 spiro atoms. The number of hydrogen-bond donors (Lipinski definition) is 2. The topological polar surface area (TPSA) is 81.1 Å². The number of carbonyl (C=O) groups excluding carboxylic acids is 2. The van der Waals surface area contributed by atoms with Gasteiger partial charge >= 0.3 is 0 Å². The first-order chi connectivity index (χ1) is 12.5. The average Bonchev–Trinajstić information content (AvgIpc) is 2.65. The van der Waals surface area contributed by atoms with Crippen molar-refractivity contribution in [3.63, 3.8) is 0 Å². The van der Waals surface area contributed by atoms with Crippen LogP contribution in [-0.4, -0.2) is 64.6 Å². The minimum absolute atomic E-state index is 0.107. The van der Waals surface area contributed by atoms with E-state index in [1.54, 1.807) is 24.3 Å². The molecule has 0 bridgehead atoms. The molecule has 0 atom stereocenters. The van der Waals surface area contributed by atoms with Gasteiger partial charge in [-0.25, -0.2) is 0 Å². The van der Waals surface area contributed by atoms with Gasteiger partial charge in [-0.15, -0.1) is 0 Å². The third-order valence-electron chi connectivity index (χ3n) is 5.80. The second-order valence-electron chi connectivity index (χ2n) is 7.62. The molecule has 0 aromatic heterocycles. The number of likely N-dealkylation sites (tertiary alicyclic amines) is 2. The summed E-state index contributed by atoms with van der Waals surface area (Å²) in [6.45, 7) is 2.96. The molecule has 26 heavy (non-hydrogen) atoms. The molecule has 142 valence electrons. The van der Waals surface area contributed by atoms with Crippen LogP contribution in [0.1, 0.15) is 37.7 Å². The molecule has 2 fully saturated rings. The van der Waals surface area contributed by atoms with Crippen LogP contribution in [0.4, 0.5) is 0 Å². The first-order valence-electron chi connectivity index (χ1n) is 9.46. The first-order valence-corrected chi connectivity index (χ1v) is 9.46. The predicted molar refractivity (Wildman–Crippen MR) is 97.6 cm³/mol. The summed E-state index contributed by atoms with van der Waals surface area (Å²) in [4.78, 5) is 28.5. The summed E-state index contributed by atoms with van der Waals surface area (Å²) in [6.07, 6.45) is 4.32. The molecule has 2 aliphatic rings. The fourth-order valence-electron chi connectivity index (χ4n) is 4.11. The Hall–Kier alpha value is -2.08. The van der Waals surface area contributed by atoms with E-state index in [9.17, 15) is 14.7 Å². The summed E-state index contributed by atoms with van der Waals surface area (Å²) in [5, 5.41) is 18.4. The van der Waals surface area contributed by atoms with Crippen molar-refractivity contribution < 1.29 is 19.8 Å². The van der Waals surface area contributed by atoms with Crippen molar-refractivity contribution >= 4 is 11.8 Å². The van der Waals surface area contributed by atoms with Gasteiger partial charge in [-0.3, -0.25) is 9.59 Å². The molecule has 6 nitrogen and oxygen atoms in total. The molecule has 1 aromatic rings. The lowest BCUT2D eigenvalue weighted by Gasteiger charge is -2.47. The molecule has 0 radical (unpaired) electrons. The molecule has 2 amide bonds. The molecule has 2 aliphatic heterocycles. The van der Waals surface area contributed by atoms with Gasteiger partial charge < -0.3 is 20.0 Å². The Morgan fingerprint density at radius 2 is 1.81 bits per heavy atom. The van der Waals surface area contributed by atoms with Crippen molar-refractivity contribution in [3.8, 4) is 5.75 Å². The fourth-order valence-corrected chi connectivity index (χ4v) is 4.11. The van der Waals surface area contributed by atoms with Crippen molar-refractivity contribution in [2.75, 3.05) is 32.8 Å². The van der Waals surface area contributed by atoms with E-state index >= 15 is 0 Å². The van der Waals surface area contributed by atoms with Crippen molar-refractivity contribution in [2.45, 2.75) is 38.5 Å². The molecule has 2 heterocycles. The van der Waals surface area contributed by atoms with Crippen LogP contribution in [0.3, 0.4) is 0 Å². The van der Waals surface area contributed by atoms with Crippen LogP contribution in [0.2, 0.25) is 0 Å². The number of nitrogens with zero attached hydrogens (tertiary/aromatic N) is 2. The lowest BCUT2D eigenvalue weighted by Crippen LogP contribution is -2.52. The van der Waals surface area contributed by atoms with E-state index in [1.807, 2.05) is 9.80 Å². The Labute approximate surface area is 154 Å². The molecule has 0 saturated carbocycles. The maximum absolute atomic E-state index is 12.6. The number of rotatable bonds is 5. The van der Waals surface area contributed by atoms with Crippen LogP contribution in [0.5, 0.6) is 5.75 Å². The van der Waals surface area contributed by atoms with Crippen LogP contribution in [-0.2, 0) is 16.0 Å². The Balaban J connectivity index is 1.53. The molecule has 6 heteroatoms. The van der Waals surface area contributed by atoms with E-state index in [4.69, 9.17) is 5.11 Å². The standard InChI is InChI=1S/C20H28N2O4/c23-13-1-10-22-15-20(7-6-18(22)25)8-11-21(12-9-20)19(26)14-16-2-4-17(24)5-3-16/h2-5,23-24H,1,6-15H2. The maximum Gasteiger partial charge on any atom is 0.226 e. The molecule has 2 N–H and O–H groups in total. The smallest absolute Gasteiger partial charge is 0.226 e. The highest BCUT2D eigenvalue weighted by molar-refractivity contribution is 5.79. The Bertz CT molecular complexity index is 636. The molecular formula is C20H28N2O4. The number of aliphatic hydroxyl groups is 1. The van der Waals surface area contributed by atoms with Gasteiger partial charge in [-0.05, 0) is 48.8 Å². The number of aromatic hydroxyl groups is 1. The SMILES string of the molecule is O=C(Cc1ccc(O)cc1)N1CCC2(CCC(=O)N(CCCO)C2)CC1. The summed E-state index contributed by atoms with van der Waals surface area (Å²) in [5.74, 6) is 0.517. The highest BCUT2D eigenvalue weighted by Gasteiger charge is 2.41. The zero-order chi connectivity index (χ0) is 18.6. The largest absolute Gasteiger partial charge is 0.508 e. The summed E-state index contributed by atoms with van der Waals surface area (Å²) >= 11 is 0. The second kappa shape index (κ2) is 8.08. The van der Waals surface area contributed by atoms with Crippen molar-refractivity contribution in [2.24, 2.45) is 5.41 Å². The monoisotopic (exact) mass is 360 g/mol. The van der Waals surface area contributed by atoms with Gasteiger partial charge in [-0.1, -0.05) is 12.1 Å². The minimum atomic E-state index is 0.107. The van der Waals surface area contributed by atoms with Crippen LogP contribution in [0.25, 0.3) is 0 Å². The zero-order valence-corrected chi connectivity index (χ0v) is 15.2. The molecule has 2 saturated heterocycles. The number of aliphatic hydroxyl groups excluding tert-OH is 1. The molecule has 0 aliphatic carbocycles. The van der Waals surface area contributed by atoms with Gasteiger partial charge in [0.05, 0.1) is 6.42 Å². The summed E-state index contributed by atoms with van der Waals surface area (Å²) < 4.78 is 0. The van der Waals surface area contributed by atoms with E-state index in [-0.39, 0.29) is 29.6 Å². The number of hydrogen-bond acceptors (Lipinski definition) is 4. The predicted octanol–water partition coefficient (Wildman–Crippen LogP) is 1.55. The molecule has 0 unspecified atom stereocenters. The minimum Gasteiger partial charge on any atom is -0.508 e. The third-order valence-corrected chi connectivity index (χ3v) is 5.80. The van der Waals surface area contributed by atoms with Gasteiger partial charge in [0.2, 0.25) is 11.8 Å². The van der Waals surface area contributed by atoms with E-state index in [2.05, 4.69) is 0 Å². The average molecular weight is 360 g/mol.